The highest BCUT2D eigenvalue weighted by molar-refractivity contribution is 7.85. The van der Waals surface area contributed by atoms with E-state index in [1.165, 1.54) is 23.3 Å². The van der Waals surface area contributed by atoms with E-state index in [-0.39, 0.29) is 11.6 Å². The third-order valence-corrected chi connectivity index (χ3v) is 7.13. The molecule has 0 amide bonds. The molecule has 0 radical (unpaired) electrons. The first-order valence-corrected chi connectivity index (χ1v) is 13.9. The van der Waals surface area contributed by atoms with Crippen LogP contribution in [0.5, 0.6) is 5.75 Å². The molecule has 8 heteroatoms. The first-order valence-electron chi connectivity index (χ1n) is 12.4. The number of ether oxygens (including phenoxy) is 1. The summed E-state index contributed by atoms with van der Waals surface area (Å²) in [5.74, 6) is 0.857. The quantitative estimate of drug-likeness (QED) is 0.164. The van der Waals surface area contributed by atoms with Crippen LogP contribution >= 0.6 is 0 Å². The number of hydrogen-bond acceptors (Lipinski definition) is 6. The van der Waals surface area contributed by atoms with Gasteiger partial charge < -0.3 is 20.7 Å². The zero-order valence-electron chi connectivity index (χ0n) is 21.6. The van der Waals surface area contributed by atoms with Crippen molar-refractivity contribution in [3.8, 4) is 5.75 Å². The molecule has 0 aliphatic rings. The lowest BCUT2D eigenvalue weighted by molar-refractivity contribution is 0.340. The zero-order chi connectivity index (χ0) is 27.1. The van der Waals surface area contributed by atoms with Gasteiger partial charge in [0.15, 0.2) is 0 Å². The smallest absolute Gasteiger partial charge is 0.294 e. The van der Waals surface area contributed by atoms with Gasteiger partial charge in [-0.05, 0) is 103 Å². The molecule has 0 bridgehead atoms. The molecule has 0 atom stereocenters. The summed E-state index contributed by atoms with van der Waals surface area (Å²) in [6.45, 7) is 5.38. The maximum absolute atomic E-state index is 11.5. The normalized spacial score (nSPS) is 11.3. The van der Waals surface area contributed by atoms with Crippen LogP contribution in [0.3, 0.4) is 0 Å². The van der Waals surface area contributed by atoms with Crippen molar-refractivity contribution in [2.45, 2.75) is 31.7 Å². The molecule has 0 aliphatic carbocycles. The molecule has 0 saturated carbocycles. The summed E-state index contributed by atoms with van der Waals surface area (Å²) in [6.07, 6.45) is 0.800. The molecule has 7 nitrogen and oxygen atoms in total. The van der Waals surface area contributed by atoms with E-state index in [2.05, 4.69) is 48.6 Å². The van der Waals surface area contributed by atoms with Gasteiger partial charge in [0.25, 0.3) is 10.1 Å². The predicted octanol–water partition coefficient (Wildman–Crippen LogP) is 5.90. The fourth-order valence-electron chi connectivity index (χ4n) is 4.25. The molecule has 4 rings (SSSR count). The van der Waals surface area contributed by atoms with Gasteiger partial charge in [-0.25, -0.2) is 0 Å². The van der Waals surface area contributed by atoms with Crippen LogP contribution in [0.25, 0.3) is 0 Å². The van der Waals surface area contributed by atoms with E-state index in [0.717, 1.165) is 40.4 Å². The third kappa shape index (κ3) is 7.13. The second kappa shape index (κ2) is 12.1. The Kier molecular flexibility index (Phi) is 8.68. The van der Waals surface area contributed by atoms with Crippen LogP contribution in [-0.2, 0) is 23.1 Å². The van der Waals surface area contributed by atoms with Gasteiger partial charge in [-0.1, -0.05) is 30.3 Å². The summed E-state index contributed by atoms with van der Waals surface area (Å²) >= 11 is 0. The van der Waals surface area contributed by atoms with Gasteiger partial charge >= 0.3 is 0 Å². The van der Waals surface area contributed by atoms with Crippen LogP contribution in [0.4, 0.5) is 17.1 Å². The van der Waals surface area contributed by atoms with E-state index < -0.39 is 10.1 Å². The minimum Gasteiger partial charge on any atom is -0.494 e. The first kappa shape index (κ1) is 27.2. The van der Waals surface area contributed by atoms with Gasteiger partial charge in [-0.15, -0.1) is 0 Å². The van der Waals surface area contributed by atoms with Crippen LogP contribution in [-0.4, -0.2) is 26.2 Å². The van der Waals surface area contributed by atoms with Crippen LogP contribution in [0.1, 0.15) is 29.2 Å². The molecule has 0 fully saturated rings. The van der Waals surface area contributed by atoms with Gasteiger partial charge in [-0.3, -0.25) is 4.55 Å². The largest absolute Gasteiger partial charge is 0.494 e. The van der Waals surface area contributed by atoms with Gasteiger partial charge in [0.1, 0.15) is 5.75 Å². The van der Waals surface area contributed by atoms with Gasteiger partial charge in [0.2, 0.25) is 0 Å². The average Bonchev–Trinajstić information content (AvgIpc) is 2.90. The highest BCUT2D eigenvalue weighted by Crippen LogP contribution is 2.25. The summed E-state index contributed by atoms with van der Waals surface area (Å²) < 4.78 is 37.8. The highest BCUT2D eigenvalue weighted by atomic mass is 32.2. The molecule has 38 heavy (non-hydrogen) atoms. The predicted molar refractivity (Wildman–Crippen MR) is 153 cm³/mol. The Morgan fingerprint density at radius 3 is 2.18 bits per heavy atom. The van der Waals surface area contributed by atoms with Gasteiger partial charge in [-0.2, -0.15) is 8.42 Å². The molecule has 4 aromatic rings. The number of nitrogens with two attached hydrogens (primary N) is 1. The molecular weight excluding hydrogens is 498 g/mol. The molecule has 4 aromatic carbocycles. The fourth-order valence-corrected chi connectivity index (χ4v) is 4.81. The lowest BCUT2D eigenvalue weighted by atomic mass is 9.99. The molecule has 0 saturated heterocycles. The van der Waals surface area contributed by atoms with Crippen molar-refractivity contribution >= 4 is 27.2 Å². The molecule has 0 spiro atoms. The lowest BCUT2D eigenvalue weighted by Crippen LogP contribution is -2.29. The maximum Gasteiger partial charge on any atom is 0.294 e. The second-order valence-corrected chi connectivity index (χ2v) is 10.5. The second-order valence-electron chi connectivity index (χ2n) is 9.07. The van der Waals surface area contributed by atoms with Crippen molar-refractivity contribution in [1.29, 1.82) is 0 Å². The number of benzene rings is 4. The summed E-state index contributed by atoms with van der Waals surface area (Å²) in [5.41, 5.74) is 13.3. The van der Waals surface area contributed by atoms with Crippen molar-refractivity contribution in [3.05, 3.63) is 113 Å². The van der Waals surface area contributed by atoms with Gasteiger partial charge in [0, 0.05) is 23.6 Å². The van der Waals surface area contributed by atoms with Crippen molar-refractivity contribution in [2.75, 3.05) is 23.5 Å². The molecule has 0 unspecified atom stereocenters. The number of anilines is 3. The van der Waals surface area contributed by atoms with Gasteiger partial charge in [0.05, 0.1) is 18.2 Å². The Bertz CT molecular complexity index is 1470. The Labute approximate surface area is 224 Å². The van der Waals surface area contributed by atoms with E-state index in [1.807, 2.05) is 48.2 Å². The Balaban J connectivity index is 1.41. The van der Waals surface area contributed by atoms with E-state index in [1.54, 1.807) is 6.07 Å². The van der Waals surface area contributed by atoms with Crippen LogP contribution in [0.2, 0.25) is 0 Å². The summed E-state index contributed by atoms with van der Waals surface area (Å²) in [4.78, 5) is 1.83. The topological polar surface area (TPSA) is 105 Å². The Hall–Kier alpha value is -3.85. The standard InChI is InChI=1S/C30H33N3O4S/c1-3-37-29-15-12-27(13-16-29)32-26-10-7-23(8-11-26)18-25-9-14-28(17-22(25)2)33(21-31)20-24-5-4-6-30(19-24)38(34,35)36/h4-17,19,32H,3,18,20-21,31H2,1-2H3,(H,34,35,36). The third-order valence-electron chi connectivity index (χ3n) is 6.28. The summed E-state index contributed by atoms with van der Waals surface area (Å²) in [6, 6.07) is 28.8. The SMILES string of the molecule is CCOc1ccc(Nc2ccc(Cc3ccc(N(CN)Cc4cccc(S(=O)(=O)O)c4)cc3C)cc2)cc1. The highest BCUT2D eigenvalue weighted by Gasteiger charge is 2.13. The van der Waals surface area contributed by atoms with Crippen LogP contribution in [0.15, 0.2) is 95.9 Å². The first-order chi connectivity index (χ1) is 18.2. The van der Waals surface area contributed by atoms with Crippen LogP contribution < -0.4 is 20.7 Å². The number of hydrogen-bond donors (Lipinski definition) is 3. The van der Waals surface area contributed by atoms with Crippen molar-refractivity contribution in [2.24, 2.45) is 5.73 Å². The lowest BCUT2D eigenvalue weighted by Gasteiger charge is -2.24. The fraction of sp³-hybridized carbons (Fsp3) is 0.200. The molecule has 198 valence electrons. The molecular formula is C30H33N3O4S. The number of rotatable bonds is 11. The maximum atomic E-state index is 11.5. The van der Waals surface area contributed by atoms with E-state index in [0.29, 0.717) is 13.2 Å². The monoisotopic (exact) mass is 531 g/mol. The van der Waals surface area contributed by atoms with E-state index in [4.69, 9.17) is 10.5 Å². The Morgan fingerprint density at radius 1 is 0.895 bits per heavy atom. The molecule has 4 N–H and O–H groups in total. The zero-order valence-corrected chi connectivity index (χ0v) is 22.4. The summed E-state index contributed by atoms with van der Waals surface area (Å²) in [5, 5.41) is 3.41. The van der Waals surface area contributed by atoms with Crippen molar-refractivity contribution in [3.63, 3.8) is 0 Å². The van der Waals surface area contributed by atoms with Crippen LogP contribution in [0, 0.1) is 6.92 Å². The summed E-state index contributed by atoms with van der Waals surface area (Å²) in [7, 11) is -4.26. The number of aryl methyl sites for hydroxylation is 1. The number of nitrogens with one attached hydrogen (secondary N) is 1. The minimum atomic E-state index is -4.26. The molecule has 0 aromatic heterocycles. The Morgan fingerprint density at radius 2 is 1.58 bits per heavy atom. The van der Waals surface area contributed by atoms with E-state index >= 15 is 0 Å². The van der Waals surface area contributed by atoms with E-state index in [9.17, 15) is 13.0 Å². The average molecular weight is 532 g/mol. The van der Waals surface area contributed by atoms with Crippen molar-refractivity contribution < 1.29 is 17.7 Å². The molecule has 0 heterocycles. The number of nitrogens with zero attached hydrogens (tertiary/aromatic N) is 1. The molecule has 0 aliphatic heterocycles. The minimum absolute atomic E-state index is 0.126. The van der Waals surface area contributed by atoms with Crippen molar-refractivity contribution in [1.82, 2.24) is 0 Å².